The lowest BCUT2D eigenvalue weighted by molar-refractivity contribution is -0.239. The van der Waals surface area contributed by atoms with E-state index in [0.29, 0.717) is 24.0 Å². The number of hydrogen-bond acceptors (Lipinski definition) is 3. The molecule has 0 heterocycles. The highest BCUT2D eigenvalue weighted by molar-refractivity contribution is 5.85. The van der Waals surface area contributed by atoms with E-state index in [1.54, 1.807) is 0 Å². The number of rotatable bonds is 1. The number of hydrogen-bond donors (Lipinski definition) is 0. The monoisotopic (exact) mass is 236 g/mol. The van der Waals surface area contributed by atoms with E-state index in [9.17, 15) is 9.59 Å². The third kappa shape index (κ3) is 1.47. The maximum atomic E-state index is 12.1. The van der Waals surface area contributed by atoms with Gasteiger partial charge in [-0.15, -0.1) is 0 Å². The Labute approximate surface area is 102 Å². The van der Waals surface area contributed by atoms with Crippen LogP contribution in [0.15, 0.2) is 0 Å². The standard InChI is InChI=1S/C14H20O3/c1-9(15)17-14-8-4-7-12(16)13(14)10-5-2-3-6-11(10)14/h10-11,13H,2-8H2,1H3/t10?,11?,13-,14+/m0/s1. The van der Waals surface area contributed by atoms with Crippen LogP contribution in [0.4, 0.5) is 0 Å². The van der Waals surface area contributed by atoms with E-state index in [4.69, 9.17) is 4.74 Å². The fourth-order valence-corrected chi connectivity index (χ4v) is 4.64. The molecule has 0 amide bonds. The number of ketones is 1. The third-order valence-corrected chi connectivity index (χ3v) is 5.07. The van der Waals surface area contributed by atoms with Crippen molar-refractivity contribution in [3.8, 4) is 0 Å². The molecule has 2 unspecified atom stereocenters. The van der Waals surface area contributed by atoms with Crippen LogP contribution in [-0.4, -0.2) is 17.4 Å². The first-order chi connectivity index (χ1) is 8.15. The summed E-state index contributed by atoms with van der Waals surface area (Å²) in [7, 11) is 0. The summed E-state index contributed by atoms with van der Waals surface area (Å²) in [6.07, 6.45) is 7.25. The van der Waals surface area contributed by atoms with Crippen molar-refractivity contribution in [3.63, 3.8) is 0 Å². The van der Waals surface area contributed by atoms with Gasteiger partial charge in [-0.25, -0.2) is 0 Å². The van der Waals surface area contributed by atoms with Crippen LogP contribution in [0.25, 0.3) is 0 Å². The van der Waals surface area contributed by atoms with E-state index in [0.717, 1.165) is 25.7 Å². The van der Waals surface area contributed by atoms with E-state index in [-0.39, 0.29) is 11.9 Å². The minimum atomic E-state index is -0.397. The highest BCUT2D eigenvalue weighted by atomic mass is 16.6. The lowest BCUT2D eigenvalue weighted by Gasteiger charge is -2.63. The van der Waals surface area contributed by atoms with Gasteiger partial charge >= 0.3 is 5.97 Å². The van der Waals surface area contributed by atoms with Gasteiger partial charge in [-0.2, -0.15) is 0 Å². The zero-order chi connectivity index (χ0) is 12.0. The smallest absolute Gasteiger partial charge is 0.303 e. The van der Waals surface area contributed by atoms with Crippen molar-refractivity contribution >= 4 is 11.8 Å². The first kappa shape index (κ1) is 11.2. The molecule has 3 fully saturated rings. The average molecular weight is 236 g/mol. The normalized spacial score (nSPS) is 44.3. The second-order valence-corrected chi connectivity index (χ2v) is 5.90. The Kier molecular flexibility index (Phi) is 2.53. The first-order valence-electron chi connectivity index (χ1n) is 6.87. The molecule has 3 heteroatoms. The number of esters is 1. The van der Waals surface area contributed by atoms with Gasteiger partial charge in [0.25, 0.3) is 0 Å². The molecule has 3 rings (SSSR count). The molecule has 17 heavy (non-hydrogen) atoms. The molecule has 0 saturated heterocycles. The van der Waals surface area contributed by atoms with E-state index in [1.807, 2.05) is 0 Å². The van der Waals surface area contributed by atoms with Gasteiger partial charge in [0.2, 0.25) is 0 Å². The Morgan fingerprint density at radius 1 is 1.29 bits per heavy atom. The Hall–Kier alpha value is -0.860. The predicted octanol–water partition coefficient (Wildman–Crippen LogP) is 2.48. The molecule has 0 spiro atoms. The summed E-state index contributed by atoms with van der Waals surface area (Å²) in [5.41, 5.74) is -0.397. The van der Waals surface area contributed by atoms with Gasteiger partial charge in [-0.1, -0.05) is 12.8 Å². The van der Waals surface area contributed by atoms with Gasteiger partial charge in [0.15, 0.2) is 0 Å². The van der Waals surface area contributed by atoms with Crippen LogP contribution in [-0.2, 0) is 14.3 Å². The molecule has 4 atom stereocenters. The van der Waals surface area contributed by atoms with Crippen molar-refractivity contribution in [2.45, 2.75) is 57.5 Å². The molecule has 0 bridgehead atoms. The third-order valence-electron chi connectivity index (χ3n) is 5.07. The lowest BCUT2D eigenvalue weighted by atomic mass is 9.45. The summed E-state index contributed by atoms with van der Waals surface area (Å²) in [4.78, 5) is 23.5. The van der Waals surface area contributed by atoms with Gasteiger partial charge in [-0.05, 0) is 31.6 Å². The molecule has 0 radical (unpaired) electrons. The number of ether oxygens (including phenoxy) is 1. The highest BCUT2D eigenvalue weighted by Crippen LogP contribution is 2.62. The van der Waals surface area contributed by atoms with Crippen LogP contribution in [0.5, 0.6) is 0 Å². The van der Waals surface area contributed by atoms with Crippen LogP contribution in [0, 0.1) is 17.8 Å². The Balaban J connectivity index is 1.90. The maximum absolute atomic E-state index is 12.1. The van der Waals surface area contributed by atoms with Crippen molar-refractivity contribution in [3.05, 3.63) is 0 Å². The fraction of sp³-hybridized carbons (Fsp3) is 0.857. The van der Waals surface area contributed by atoms with Crippen molar-refractivity contribution in [2.24, 2.45) is 17.8 Å². The van der Waals surface area contributed by atoms with Crippen LogP contribution in [0.2, 0.25) is 0 Å². The molecule has 0 aliphatic heterocycles. The summed E-state index contributed by atoms with van der Waals surface area (Å²) in [6, 6.07) is 0. The van der Waals surface area contributed by atoms with Crippen LogP contribution < -0.4 is 0 Å². The average Bonchev–Trinajstić information content (AvgIpc) is 2.26. The molecule has 0 aromatic rings. The molecule has 0 aromatic heterocycles. The summed E-state index contributed by atoms with van der Waals surface area (Å²) in [6.45, 7) is 1.47. The van der Waals surface area contributed by atoms with Crippen molar-refractivity contribution in [1.82, 2.24) is 0 Å². The van der Waals surface area contributed by atoms with Crippen LogP contribution >= 0.6 is 0 Å². The van der Waals surface area contributed by atoms with Crippen molar-refractivity contribution in [2.75, 3.05) is 0 Å². The second kappa shape index (κ2) is 3.82. The molecule has 0 N–H and O–H groups in total. The van der Waals surface area contributed by atoms with Gasteiger partial charge in [0, 0.05) is 19.3 Å². The van der Waals surface area contributed by atoms with Gasteiger partial charge in [-0.3, -0.25) is 9.59 Å². The quantitative estimate of drug-likeness (QED) is 0.657. The minimum Gasteiger partial charge on any atom is -0.458 e. The molecular weight excluding hydrogens is 216 g/mol. The van der Waals surface area contributed by atoms with Gasteiger partial charge < -0.3 is 4.74 Å². The summed E-state index contributed by atoms with van der Waals surface area (Å²) >= 11 is 0. The van der Waals surface area contributed by atoms with Crippen LogP contribution in [0.3, 0.4) is 0 Å². The van der Waals surface area contributed by atoms with Gasteiger partial charge in [0.1, 0.15) is 11.4 Å². The zero-order valence-corrected chi connectivity index (χ0v) is 10.4. The van der Waals surface area contributed by atoms with Gasteiger partial charge in [0.05, 0.1) is 5.92 Å². The predicted molar refractivity (Wildman–Crippen MR) is 62.3 cm³/mol. The molecule has 0 aromatic carbocycles. The second-order valence-electron chi connectivity index (χ2n) is 5.90. The molecule has 94 valence electrons. The Morgan fingerprint density at radius 3 is 2.82 bits per heavy atom. The number of Topliss-reactive ketones (excluding diaryl/α,β-unsaturated/α-hetero) is 1. The topological polar surface area (TPSA) is 43.4 Å². The van der Waals surface area contributed by atoms with Crippen molar-refractivity contribution in [1.29, 1.82) is 0 Å². The molecular formula is C14H20O3. The summed E-state index contributed by atoms with van der Waals surface area (Å²) in [5.74, 6) is 1.14. The van der Waals surface area contributed by atoms with E-state index in [1.165, 1.54) is 19.8 Å². The summed E-state index contributed by atoms with van der Waals surface area (Å²) < 4.78 is 5.66. The number of fused-ring (bicyclic) bond motifs is 4. The minimum absolute atomic E-state index is 0.0328. The van der Waals surface area contributed by atoms with E-state index < -0.39 is 5.60 Å². The largest absolute Gasteiger partial charge is 0.458 e. The molecule has 3 saturated carbocycles. The molecule has 3 aliphatic rings. The van der Waals surface area contributed by atoms with Crippen molar-refractivity contribution < 1.29 is 14.3 Å². The number of carbonyl (C=O) groups excluding carboxylic acids is 2. The first-order valence-corrected chi connectivity index (χ1v) is 6.87. The van der Waals surface area contributed by atoms with E-state index in [2.05, 4.69) is 0 Å². The Morgan fingerprint density at radius 2 is 2.06 bits per heavy atom. The zero-order valence-electron chi connectivity index (χ0n) is 10.4. The maximum Gasteiger partial charge on any atom is 0.303 e. The lowest BCUT2D eigenvalue weighted by Crippen LogP contribution is -2.69. The highest BCUT2D eigenvalue weighted by Gasteiger charge is 2.67. The molecule has 3 aliphatic carbocycles. The SMILES string of the molecule is CC(=O)O[C@@]12CCCC(=O)[C@@H]1C1CCCCC12. The molecule has 3 nitrogen and oxygen atoms in total. The fourth-order valence-electron chi connectivity index (χ4n) is 4.64. The number of carbonyl (C=O) groups is 2. The van der Waals surface area contributed by atoms with E-state index >= 15 is 0 Å². The van der Waals surface area contributed by atoms with Crippen LogP contribution in [0.1, 0.15) is 51.9 Å². The Bertz CT molecular complexity index is 362. The summed E-state index contributed by atoms with van der Waals surface area (Å²) in [5, 5.41) is 0.